The normalized spacial score (nSPS) is 14.3. The minimum atomic E-state index is -4.82. The van der Waals surface area contributed by atoms with Crippen LogP contribution in [0.15, 0.2) is 15.2 Å². The van der Waals surface area contributed by atoms with E-state index in [1.807, 2.05) is 0 Å². The number of carbonyl (C=O) groups excluding carboxylic acids is 1. The molecule has 0 bridgehead atoms. The zero-order chi connectivity index (χ0) is 15.0. The number of halogens is 4. The molecule has 1 unspecified atom stereocenters. The molecule has 1 aromatic heterocycles. The first-order chi connectivity index (χ1) is 8.45. The van der Waals surface area contributed by atoms with Gasteiger partial charge in [0.2, 0.25) is 0 Å². The van der Waals surface area contributed by atoms with Crippen LogP contribution in [0.1, 0.15) is 30.0 Å². The van der Waals surface area contributed by atoms with Gasteiger partial charge in [0.05, 0.1) is 11.1 Å². The summed E-state index contributed by atoms with van der Waals surface area (Å²) < 4.78 is 42.7. The Balaban J connectivity index is 2.90. The molecule has 8 heteroatoms. The highest BCUT2D eigenvalue weighted by atomic mass is 79.9. The summed E-state index contributed by atoms with van der Waals surface area (Å²) in [4.78, 5) is 11.9. The molecule has 2 N–H and O–H groups in total. The molecule has 0 saturated carbocycles. The summed E-state index contributed by atoms with van der Waals surface area (Å²) in [6, 6.07) is 1.35. The van der Waals surface area contributed by atoms with Crippen molar-refractivity contribution < 1.29 is 27.5 Å². The molecule has 108 valence electrons. The van der Waals surface area contributed by atoms with Gasteiger partial charge in [0.15, 0.2) is 10.8 Å². The van der Waals surface area contributed by atoms with Gasteiger partial charge in [-0.3, -0.25) is 4.79 Å². The Labute approximate surface area is 116 Å². The van der Waals surface area contributed by atoms with Crippen molar-refractivity contribution in [1.29, 1.82) is 0 Å². The molecule has 1 rings (SSSR count). The molecule has 0 aliphatic rings. The van der Waals surface area contributed by atoms with Crippen LogP contribution >= 0.6 is 15.9 Å². The van der Waals surface area contributed by atoms with Crippen molar-refractivity contribution in [1.82, 2.24) is 5.32 Å². The van der Waals surface area contributed by atoms with E-state index in [0.29, 0.717) is 4.67 Å². The lowest BCUT2D eigenvalue weighted by molar-refractivity contribution is -0.222. The van der Waals surface area contributed by atoms with Gasteiger partial charge in [0.1, 0.15) is 5.76 Å². The summed E-state index contributed by atoms with van der Waals surface area (Å²) >= 11 is 3.02. The first-order valence-corrected chi connectivity index (χ1v) is 6.07. The summed E-state index contributed by atoms with van der Waals surface area (Å²) in [7, 11) is 0. The Hall–Kier alpha value is -1.02. The van der Waals surface area contributed by atoms with Crippen LogP contribution in [0, 0.1) is 6.92 Å². The van der Waals surface area contributed by atoms with E-state index in [-0.39, 0.29) is 11.3 Å². The zero-order valence-electron chi connectivity index (χ0n) is 10.4. The van der Waals surface area contributed by atoms with Crippen LogP contribution in [0.2, 0.25) is 0 Å². The molecule has 0 saturated heterocycles. The standard InChI is InChI=1S/C11H13BrF3NO3/c1-5-6(4-7(12)19-5)8(17)16-10(2,3)9(18)11(13,14)15/h4,9,18H,1-3H3,(H,16,17). The Morgan fingerprint density at radius 1 is 1.47 bits per heavy atom. The second-order valence-corrected chi connectivity index (χ2v) is 5.42. The van der Waals surface area contributed by atoms with Crippen molar-refractivity contribution in [3.63, 3.8) is 0 Å². The molecule has 0 aliphatic carbocycles. The number of furan rings is 1. The van der Waals surface area contributed by atoms with Crippen LogP contribution in [0.5, 0.6) is 0 Å². The van der Waals surface area contributed by atoms with E-state index in [0.717, 1.165) is 13.8 Å². The topological polar surface area (TPSA) is 62.5 Å². The monoisotopic (exact) mass is 343 g/mol. The molecule has 19 heavy (non-hydrogen) atoms. The van der Waals surface area contributed by atoms with E-state index in [9.17, 15) is 23.1 Å². The van der Waals surface area contributed by atoms with E-state index in [1.165, 1.54) is 13.0 Å². The number of nitrogens with one attached hydrogen (secondary N) is 1. The number of aliphatic hydroxyl groups is 1. The quantitative estimate of drug-likeness (QED) is 0.886. The van der Waals surface area contributed by atoms with E-state index >= 15 is 0 Å². The number of rotatable bonds is 3. The van der Waals surface area contributed by atoms with Crippen molar-refractivity contribution >= 4 is 21.8 Å². The van der Waals surface area contributed by atoms with E-state index in [1.54, 1.807) is 0 Å². The third kappa shape index (κ3) is 3.73. The lowest BCUT2D eigenvalue weighted by Gasteiger charge is -2.32. The first kappa shape index (κ1) is 16.0. The molecule has 1 atom stereocenters. The lowest BCUT2D eigenvalue weighted by atomic mass is 9.96. The van der Waals surface area contributed by atoms with Crippen molar-refractivity contribution in [2.45, 2.75) is 38.6 Å². The van der Waals surface area contributed by atoms with Gasteiger partial charge in [-0.15, -0.1) is 0 Å². The minimum Gasteiger partial charge on any atom is -0.454 e. The highest BCUT2D eigenvalue weighted by molar-refractivity contribution is 9.10. The number of hydrogen-bond donors (Lipinski definition) is 2. The molecule has 1 aromatic rings. The summed E-state index contributed by atoms with van der Waals surface area (Å²) in [6.07, 6.45) is -7.48. The minimum absolute atomic E-state index is 0.106. The van der Waals surface area contributed by atoms with E-state index in [4.69, 9.17) is 4.42 Å². The Morgan fingerprint density at radius 3 is 2.37 bits per heavy atom. The van der Waals surface area contributed by atoms with Crippen LogP contribution in [-0.2, 0) is 0 Å². The maximum Gasteiger partial charge on any atom is 0.416 e. The molecule has 0 spiro atoms. The van der Waals surface area contributed by atoms with Crippen molar-refractivity contribution in [3.05, 3.63) is 22.1 Å². The van der Waals surface area contributed by atoms with Gasteiger partial charge in [-0.2, -0.15) is 13.2 Å². The Morgan fingerprint density at radius 2 is 2.00 bits per heavy atom. The van der Waals surface area contributed by atoms with Gasteiger partial charge in [-0.25, -0.2) is 0 Å². The molecule has 0 radical (unpaired) electrons. The second-order valence-electron chi connectivity index (χ2n) is 4.64. The van der Waals surface area contributed by atoms with Gasteiger partial charge in [-0.1, -0.05) is 0 Å². The Kier molecular flexibility index (Phi) is 4.36. The second kappa shape index (κ2) is 5.16. The number of hydrogen-bond acceptors (Lipinski definition) is 3. The largest absolute Gasteiger partial charge is 0.454 e. The van der Waals surface area contributed by atoms with Crippen molar-refractivity contribution in [2.75, 3.05) is 0 Å². The van der Waals surface area contributed by atoms with Crippen LogP contribution in [0.4, 0.5) is 13.2 Å². The number of aryl methyl sites for hydroxylation is 1. The summed E-state index contributed by atoms with van der Waals surface area (Å²) in [5.41, 5.74) is -1.75. The molecule has 1 amide bonds. The van der Waals surface area contributed by atoms with Crippen LogP contribution in [0.3, 0.4) is 0 Å². The molecule has 0 aliphatic heterocycles. The summed E-state index contributed by atoms with van der Waals surface area (Å²) in [5.74, 6) is -0.484. The Bertz CT molecular complexity index is 482. The molecule has 0 fully saturated rings. The number of amides is 1. The summed E-state index contributed by atoms with van der Waals surface area (Å²) in [6.45, 7) is 3.69. The van der Waals surface area contributed by atoms with Crippen LogP contribution < -0.4 is 5.32 Å². The van der Waals surface area contributed by atoms with Crippen LogP contribution in [-0.4, -0.2) is 28.8 Å². The highest BCUT2D eigenvalue weighted by Gasteiger charge is 2.48. The molecule has 1 heterocycles. The highest BCUT2D eigenvalue weighted by Crippen LogP contribution is 2.28. The van der Waals surface area contributed by atoms with Gasteiger partial charge in [0.25, 0.3) is 5.91 Å². The van der Waals surface area contributed by atoms with E-state index in [2.05, 4.69) is 21.2 Å². The maximum atomic E-state index is 12.5. The van der Waals surface area contributed by atoms with Gasteiger partial charge >= 0.3 is 6.18 Å². The SMILES string of the molecule is Cc1oc(Br)cc1C(=O)NC(C)(C)C(O)C(F)(F)F. The third-order valence-electron chi connectivity index (χ3n) is 2.56. The zero-order valence-corrected chi connectivity index (χ0v) is 12.0. The summed E-state index contributed by atoms with van der Waals surface area (Å²) in [5, 5.41) is 11.4. The predicted octanol–water partition coefficient (Wildman–Crippen LogP) is 2.78. The maximum absolute atomic E-state index is 12.5. The fourth-order valence-electron chi connectivity index (χ4n) is 1.51. The van der Waals surface area contributed by atoms with Gasteiger partial charge in [0, 0.05) is 6.07 Å². The fourth-order valence-corrected chi connectivity index (χ4v) is 1.98. The lowest BCUT2D eigenvalue weighted by Crippen LogP contribution is -2.57. The van der Waals surface area contributed by atoms with E-state index < -0.39 is 23.7 Å². The average Bonchev–Trinajstić information content (AvgIpc) is 2.54. The first-order valence-electron chi connectivity index (χ1n) is 5.28. The number of aliphatic hydroxyl groups excluding tert-OH is 1. The van der Waals surface area contributed by atoms with Crippen LogP contribution in [0.25, 0.3) is 0 Å². The average molecular weight is 344 g/mol. The number of alkyl halides is 3. The molecule has 4 nitrogen and oxygen atoms in total. The molecule has 0 aromatic carbocycles. The van der Waals surface area contributed by atoms with Gasteiger partial charge in [-0.05, 0) is 36.7 Å². The van der Waals surface area contributed by atoms with Crippen molar-refractivity contribution in [3.8, 4) is 0 Å². The fraction of sp³-hybridized carbons (Fsp3) is 0.545. The molecular formula is C11H13BrF3NO3. The smallest absolute Gasteiger partial charge is 0.416 e. The number of carbonyl (C=O) groups is 1. The third-order valence-corrected chi connectivity index (χ3v) is 2.95. The predicted molar refractivity (Wildman–Crippen MR) is 64.8 cm³/mol. The van der Waals surface area contributed by atoms with Gasteiger partial charge < -0.3 is 14.8 Å². The van der Waals surface area contributed by atoms with Crippen molar-refractivity contribution in [2.24, 2.45) is 0 Å². The molecular weight excluding hydrogens is 331 g/mol.